The third-order valence-electron chi connectivity index (χ3n) is 5.85. The van der Waals surface area contributed by atoms with Gasteiger partial charge in [-0.2, -0.15) is 0 Å². The lowest BCUT2D eigenvalue weighted by Crippen LogP contribution is -2.42. The van der Waals surface area contributed by atoms with Crippen molar-refractivity contribution in [1.82, 2.24) is 5.32 Å². The smallest absolute Gasteiger partial charge is 0.264 e. The molecule has 5 nitrogen and oxygen atoms in total. The van der Waals surface area contributed by atoms with Crippen LogP contribution in [-0.2, 0) is 14.8 Å². The number of nitrogens with zero attached hydrogens (tertiary/aromatic N) is 1. The third kappa shape index (κ3) is 5.61. The largest absolute Gasteiger partial charge is 0.344 e. The fraction of sp³-hybridized carbons (Fsp3) is 0.138. The zero-order valence-corrected chi connectivity index (χ0v) is 20.6. The molecule has 6 heteroatoms. The molecule has 4 rings (SSSR count). The van der Waals surface area contributed by atoms with Crippen LogP contribution in [0.2, 0.25) is 0 Å². The van der Waals surface area contributed by atoms with Crippen molar-refractivity contribution in [3.05, 3.63) is 131 Å². The van der Waals surface area contributed by atoms with Crippen LogP contribution in [0.3, 0.4) is 0 Å². The average Bonchev–Trinajstić information content (AvgIpc) is 2.88. The Hall–Kier alpha value is -3.90. The fourth-order valence-corrected chi connectivity index (χ4v) is 5.47. The first kappa shape index (κ1) is 24.2. The van der Waals surface area contributed by atoms with Gasteiger partial charge in [-0.25, -0.2) is 8.42 Å². The van der Waals surface area contributed by atoms with Crippen molar-refractivity contribution in [2.45, 2.75) is 24.8 Å². The minimum atomic E-state index is -3.97. The van der Waals surface area contributed by atoms with Gasteiger partial charge >= 0.3 is 0 Å². The summed E-state index contributed by atoms with van der Waals surface area (Å²) in [4.78, 5) is 13.6. The topological polar surface area (TPSA) is 66.5 Å². The average molecular weight is 485 g/mol. The van der Waals surface area contributed by atoms with E-state index in [4.69, 9.17) is 0 Å². The first-order valence-corrected chi connectivity index (χ1v) is 12.8. The molecule has 1 atom stereocenters. The number of amides is 1. The van der Waals surface area contributed by atoms with Crippen LogP contribution in [0.25, 0.3) is 0 Å². The summed E-state index contributed by atoms with van der Waals surface area (Å²) in [7, 11) is -3.97. The molecule has 0 unspecified atom stereocenters. The predicted octanol–water partition coefficient (Wildman–Crippen LogP) is 5.40. The SMILES string of the molecule is Cc1ccc([C@@H](NC(=O)CN(c2ccccc2C)S(=O)(=O)c2ccccc2)c2ccccc2)cc1. The van der Waals surface area contributed by atoms with Crippen molar-refractivity contribution in [3.8, 4) is 0 Å². The van der Waals surface area contributed by atoms with Gasteiger partial charge in [0.2, 0.25) is 5.91 Å². The molecule has 0 heterocycles. The molecule has 0 bridgehead atoms. The quantitative estimate of drug-likeness (QED) is 0.364. The van der Waals surface area contributed by atoms with Crippen LogP contribution in [0.5, 0.6) is 0 Å². The van der Waals surface area contributed by atoms with Gasteiger partial charge in [0.25, 0.3) is 10.0 Å². The predicted molar refractivity (Wildman–Crippen MR) is 140 cm³/mol. The lowest BCUT2D eigenvalue weighted by molar-refractivity contribution is -0.120. The maximum absolute atomic E-state index is 13.6. The van der Waals surface area contributed by atoms with Gasteiger partial charge in [0.05, 0.1) is 16.6 Å². The van der Waals surface area contributed by atoms with Gasteiger partial charge in [0, 0.05) is 0 Å². The number of aryl methyl sites for hydroxylation is 2. The van der Waals surface area contributed by atoms with Crippen molar-refractivity contribution < 1.29 is 13.2 Å². The summed E-state index contributed by atoms with van der Waals surface area (Å²) in [5.41, 5.74) is 4.18. The summed E-state index contributed by atoms with van der Waals surface area (Å²) in [6.45, 7) is 3.49. The van der Waals surface area contributed by atoms with Crippen LogP contribution < -0.4 is 9.62 Å². The summed E-state index contributed by atoms with van der Waals surface area (Å²) >= 11 is 0. The van der Waals surface area contributed by atoms with Crippen molar-refractivity contribution in [2.75, 3.05) is 10.8 Å². The zero-order chi connectivity index (χ0) is 24.8. The van der Waals surface area contributed by atoms with Gasteiger partial charge in [0.1, 0.15) is 6.54 Å². The Kier molecular flexibility index (Phi) is 7.32. The lowest BCUT2D eigenvalue weighted by Gasteiger charge is -2.27. The molecule has 0 saturated heterocycles. The summed E-state index contributed by atoms with van der Waals surface area (Å²) in [6.07, 6.45) is 0. The Morgan fingerprint density at radius 1 is 0.743 bits per heavy atom. The summed E-state index contributed by atoms with van der Waals surface area (Å²) in [5, 5.41) is 3.07. The number of benzene rings is 4. The molecule has 0 radical (unpaired) electrons. The number of sulfonamides is 1. The Labute approximate surface area is 207 Å². The highest BCUT2D eigenvalue weighted by Gasteiger charge is 2.29. The molecule has 0 aliphatic heterocycles. The summed E-state index contributed by atoms with van der Waals surface area (Å²) < 4.78 is 28.4. The van der Waals surface area contributed by atoms with E-state index in [1.807, 2.05) is 80.6 Å². The first-order valence-electron chi connectivity index (χ1n) is 11.4. The van der Waals surface area contributed by atoms with Crippen LogP contribution in [0.1, 0.15) is 28.3 Å². The van der Waals surface area contributed by atoms with E-state index >= 15 is 0 Å². The highest BCUT2D eigenvalue weighted by Crippen LogP contribution is 2.27. The molecule has 178 valence electrons. The van der Waals surface area contributed by atoms with E-state index in [2.05, 4.69) is 5.32 Å². The molecular weight excluding hydrogens is 456 g/mol. The van der Waals surface area contributed by atoms with Crippen molar-refractivity contribution in [2.24, 2.45) is 0 Å². The van der Waals surface area contributed by atoms with Crippen LogP contribution in [0.15, 0.2) is 114 Å². The molecule has 0 aromatic heterocycles. The number of hydrogen-bond donors (Lipinski definition) is 1. The van der Waals surface area contributed by atoms with E-state index in [1.165, 1.54) is 16.4 Å². The van der Waals surface area contributed by atoms with Crippen molar-refractivity contribution >= 4 is 21.6 Å². The Morgan fingerprint density at radius 2 is 1.29 bits per heavy atom. The van der Waals surface area contributed by atoms with E-state index in [1.54, 1.807) is 30.3 Å². The number of para-hydroxylation sites is 1. The van der Waals surface area contributed by atoms with Crippen molar-refractivity contribution in [3.63, 3.8) is 0 Å². The van der Waals surface area contributed by atoms with E-state index in [0.717, 1.165) is 22.3 Å². The van der Waals surface area contributed by atoms with E-state index in [-0.39, 0.29) is 11.4 Å². The van der Waals surface area contributed by atoms with Crippen molar-refractivity contribution in [1.29, 1.82) is 0 Å². The first-order chi connectivity index (χ1) is 16.9. The lowest BCUT2D eigenvalue weighted by atomic mass is 9.98. The highest BCUT2D eigenvalue weighted by atomic mass is 32.2. The maximum atomic E-state index is 13.6. The second-order valence-corrected chi connectivity index (χ2v) is 10.3. The number of carbonyl (C=O) groups excluding carboxylic acids is 1. The maximum Gasteiger partial charge on any atom is 0.264 e. The van der Waals surface area contributed by atoms with E-state index in [9.17, 15) is 13.2 Å². The number of nitrogens with one attached hydrogen (secondary N) is 1. The van der Waals surface area contributed by atoms with Gasteiger partial charge in [-0.05, 0) is 48.7 Å². The zero-order valence-electron chi connectivity index (χ0n) is 19.8. The van der Waals surface area contributed by atoms with Crippen LogP contribution >= 0.6 is 0 Å². The second kappa shape index (κ2) is 10.6. The summed E-state index contributed by atoms with van der Waals surface area (Å²) in [5.74, 6) is -0.401. The number of hydrogen-bond acceptors (Lipinski definition) is 3. The molecule has 0 spiro atoms. The molecule has 35 heavy (non-hydrogen) atoms. The van der Waals surface area contributed by atoms with Gasteiger partial charge in [-0.15, -0.1) is 0 Å². The number of carbonyl (C=O) groups is 1. The number of rotatable bonds is 8. The van der Waals surface area contributed by atoms with Crippen LogP contribution in [0, 0.1) is 13.8 Å². The Balaban J connectivity index is 1.69. The fourth-order valence-electron chi connectivity index (χ4n) is 3.96. The van der Waals surface area contributed by atoms with Crippen LogP contribution in [-0.4, -0.2) is 20.9 Å². The Bertz CT molecular complexity index is 1390. The molecule has 4 aromatic carbocycles. The van der Waals surface area contributed by atoms with E-state index < -0.39 is 22.0 Å². The molecule has 0 aliphatic rings. The third-order valence-corrected chi connectivity index (χ3v) is 7.63. The van der Waals surface area contributed by atoms with E-state index in [0.29, 0.717) is 5.69 Å². The molecule has 0 saturated carbocycles. The molecule has 1 amide bonds. The number of anilines is 1. The molecule has 4 aromatic rings. The van der Waals surface area contributed by atoms with Gasteiger partial charge < -0.3 is 5.32 Å². The molecule has 0 aliphatic carbocycles. The minimum absolute atomic E-state index is 0.134. The molecule has 1 N–H and O–H groups in total. The Morgan fingerprint density at radius 3 is 1.91 bits per heavy atom. The standard InChI is InChI=1S/C29H28N2O3S/c1-22-17-19-25(20-18-22)29(24-12-5-3-6-13-24)30-28(32)21-31(27-16-10-9-11-23(27)2)35(33,34)26-14-7-4-8-15-26/h3-20,29H,21H2,1-2H3,(H,30,32)/t29-/m0/s1. The normalized spacial score (nSPS) is 12.1. The minimum Gasteiger partial charge on any atom is -0.344 e. The molecule has 0 fully saturated rings. The highest BCUT2D eigenvalue weighted by molar-refractivity contribution is 7.92. The second-order valence-electron chi connectivity index (χ2n) is 8.43. The van der Waals surface area contributed by atoms with Gasteiger partial charge in [-0.1, -0.05) is 96.6 Å². The monoisotopic (exact) mass is 484 g/mol. The van der Waals surface area contributed by atoms with Gasteiger partial charge in [-0.3, -0.25) is 9.10 Å². The van der Waals surface area contributed by atoms with Gasteiger partial charge in [0.15, 0.2) is 0 Å². The van der Waals surface area contributed by atoms with Crippen LogP contribution in [0.4, 0.5) is 5.69 Å². The summed E-state index contributed by atoms with van der Waals surface area (Å²) in [6, 6.07) is 32.5. The molecular formula is C29H28N2O3S.